The van der Waals surface area contributed by atoms with Crippen LogP contribution in [0.25, 0.3) is 0 Å². The Hall–Kier alpha value is -1.78. The van der Waals surface area contributed by atoms with Gasteiger partial charge in [0.1, 0.15) is 5.69 Å². The van der Waals surface area contributed by atoms with Crippen LogP contribution in [0, 0.1) is 6.92 Å². The van der Waals surface area contributed by atoms with Crippen LogP contribution in [0.5, 0.6) is 5.88 Å². The highest BCUT2D eigenvalue weighted by Crippen LogP contribution is 2.24. The molecule has 1 aromatic heterocycles. The van der Waals surface area contributed by atoms with Crippen LogP contribution in [0.2, 0.25) is 0 Å². The van der Waals surface area contributed by atoms with Gasteiger partial charge in [-0.2, -0.15) is 0 Å². The van der Waals surface area contributed by atoms with Crippen LogP contribution in [-0.4, -0.2) is 29.1 Å². The van der Waals surface area contributed by atoms with Crippen molar-refractivity contribution in [3.8, 4) is 5.88 Å². The number of carbonyl (C=O) groups excluding carboxylic acids is 1. The number of fused-ring (bicyclic) bond motifs is 1. The van der Waals surface area contributed by atoms with E-state index in [9.17, 15) is 4.79 Å². The smallest absolute Gasteiger partial charge is 0.235 e. The molecule has 0 spiro atoms. The molecule has 0 radical (unpaired) electrons. The van der Waals surface area contributed by atoms with Gasteiger partial charge < -0.3 is 4.74 Å². The maximum Gasteiger partial charge on any atom is 0.235 e. The summed E-state index contributed by atoms with van der Waals surface area (Å²) in [5.41, 5.74) is 0.938. The molecule has 0 atom stereocenters. The van der Waals surface area contributed by atoms with Gasteiger partial charge in [0, 0.05) is 12.6 Å². The highest BCUT2D eigenvalue weighted by atomic mass is 16.5. The molecule has 1 aliphatic rings. The summed E-state index contributed by atoms with van der Waals surface area (Å²) in [5, 5.41) is 0. The largest absolute Gasteiger partial charge is 0.480 e. The number of carbonyl (C=O) groups is 1. The molecule has 2 rings (SSSR count). The SMILES string of the molecule is COc1nc2c(nc1C)N=CCC2=O. The van der Waals surface area contributed by atoms with E-state index in [2.05, 4.69) is 15.0 Å². The Kier molecular flexibility index (Phi) is 1.99. The third-order valence-electron chi connectivity index (χ3n) is 1.96. The summed E-state index contributed by atoms with van der Waals surface area (Å²) in [6.45, 7) is 1.76. The zero-order valence-electron chi connectivity index (χ0n) is 7.94. The fraction of sp³-hybridized carbons (Fsp3) is 0.333. The lowest BCUT2D eigenvalue weighted by atomic mass is 10.2. The quantitative estimate of drug-likeness (QED) is 0.666. The van der Waals surface area contributed by atoms with Crippen LogP contribution < -0.4 is 4.74 Å². The second-order valence-electron chi connectivity index (χ2n) is 2.93. The van der Waals surface area contributed by atoms with Gasteiger partial charge in [-0.05, 0) is 6.92 Å². The van der Waals surface area contributed by atoms with Crippen LogP contribution >= 0.6 is 0 Å². The first-order chi connectivity index (χ1) is 6.72. The molecule has 5 nitrogen and oxygen atoms in total. The summed E-state index contributed by atoms with van der Waals surface area (Å²) in [7, 11) is 1.50. The number of hydrogen-bond donors (Lipinski definition) is 0. The van der Waals surface area contributed by atoms with E-state index >= 15 is 0 Å². The van der Waals surface area contributed by atoms with Crippen molar-refractivity contribution in [3.63, 3.8) is 0 Å². The number of rotatable bonds is 1. The van der Waals surface area contributed by atoms with Crippen molar-refractivity contribution in [2.75, 3.05) is 7.11 Å². The Morgan fingerprint density at radius 1 is 1.43 bits per heavy atom. The molecule has 72 valence electrons. The third-order valence-corrected chi connectivity index (χ3v) is 1.96. The van der Waals surface area contributed by atoms with Crippen LogP contribution in [0.3, 0.4) is 0 Å². The zero-order valence-corrected chi connectivity index (χ0v) is 7.94. The van der Waals surface area contributed by atoms with E-state index < -0.39 is 0 Å². The monoisotopic (exact) mass is 191 g/mol. The Balaban J connectivity index is 2.61. The number of aryl methyl sites for hydroxylation is 1. The molecule has 0 saturated carbocycles. The van der Waals surface area contributed by atoms with Gasteiger partial charge in [-0.1, -0.05) is 0 Å². The predicted molar refractivity (Wildman–Crippen MR) is 50.4 cm³/mol. The van der Waals surface area contributed by atoms with Crippen molar-refractivity contribution in [1.82, 2.24) is 9.97 Å². The minimum absolute atomic E-state index is 0.0687. The van der Waals surface area contributed by atoms with Crippen molar-refractivity contribution < 1.29 is 9.53 Å². The van der Waals surface area contributed by atoms with Gasteiger partial charge in [-0.15, -0.1) is 0 Å². The van der Waals surface area contributed by atoms with E-state index in [0.717, 1.165) is 0 Å². The highest BCUT2D eigenvalue weighted by Gasteiger charge is 2.19. The highest BCUT2D eigenvalue weighted by molar-refractivity contribution is 6.08. The fourth-order valence-corrected chi connectivity index (χ4v) is 1.27. The van der Waals surface area contributed by atoms with Gasteiger partial charge in [0.25, 0.3) is 0 Å². The standard InChI is InChI=1S/C9H9N3O2/c1-5-9(14-2)12-7-6(13)3-4-10-8(7)11-5/h4H,3H2,1-2H3. The molecule has 2 heterocycles. The van der Waals surface area contributed by atoms with E-state index in [0.29, 0.717) is 23.1 Å². The number of nitrogens with zero attached hydrogens (tertiary/aromatic N) is 3. The predicted octanol–water partition coefficient (Wildman–Crippen LogP) is 1.08. The van der Waals surface area contributed by atoms with Crippen molar-refractivity contribution in [2.24, 2.45) is 4.99 Å². The van der Waals surface area contributed by atoms with Gasteiger partial charge in [-0.25, -0.2) is 15.0 Å². The van der Waals surface area contributed by atoms with Gasteiger partial charge in [-0.3, -0.25) is 4.79 Å². The molecule has 0 amide bonds. The van der Waals surface area contributed by atoms with E-state index in [1.165, 1.54) is 7.11 Å². The number of Topliss-reactive ketones (excluding diaryl/α,β-unsaturated/α-hetero) is 1. The van der Waals surface area contributed by atoms with E-state index in [1.807, 2.05) is 0 Å². The molecule has 0 saturated heterocycles. The van der Waals surface area contributed by atoms with Crippen molar-refractivity contribution in [2.45, 2.75) is 13.3 Å². The molecule has 0 bridgehead atoms. The van der Waals surface area contributed by atoms with Crippen LogP contribution in [0.15, 0.2) is 4.99 Å². The number of hydrogen-bond acceptors (Lipinski definition) is 5. The van der Waals surface area contributed by atoms with E-state index in [4.69, 9.17) is 4.74 Å². The van der Waals surface area contributed by atoms with Gasteiger partial charge in [0.2, 0.25) is 5.88 Å². The number of aliphatic imine (C=N–C) groups is 1. The van der Waals surface area contributed by atoms with Crippen molar-refractivity contribution in [3.05, 3.63) is 11.4 Å². The Morgan fingerprint density at radius 2 is 2.21 bits per heavy atom. The lowest BCUT2D eigenvalue weighted by Crippen LogP contribution is -2.10. The van der Waals surface area contributed by atoms with Gasteiger partial charge in [0.05, 0.1) is 7.11 Å². The summed E-state index contributed by atoms with van der Waals surface area (Å²) in [6, 6.07) is 0. The molecular formula is C9H9N3O2. The molecule has 0 aromatic carbocycles. The molecule has 0 N–H and O–H groups in total. The summed E-state index contributed by atoms with van der Waals surface area (Å²) >= 11 is 0. The molecule has 14 heavy (non-hydrogen) atoms. The lowest BCUT2D eigenvalue weighted by Gasteiger charge is -2.09. The van der Waals surface area contributed by atoms with Crippen LogP contribution in [0.1, 0.15) is 22.6 Å². The molecular weight excluding hydrogens is 182 g/mol. The summed E-state index contributed by atoms with van der Waals surface area (Å²) in [6.07, 6.45) is 1.83. The van der Waals surface area contributed by atoms with E-state index in [1.54, 1.807) is 13.1 Å². The normalized spacial score (nSPS) is 14.0. The fourth-order valence-electron chi connectivity index (χ4n) is 1.27. The number of aromatic nitrogens is 2. The van der Waals surface area contributed by atoms with Crippen molar-refractivity contribution in [1.29, 1.82) is 0 Å². The summed E-state index contributed by atoms with van der Waals surface area (Å²) in [4.78, 5) is 23.6. The second kappa shape index (κ2) is 3.17. The van der Waals surface area contributed by atoms with Gasteiger partial charge in [0.15, 0.2) is 17.3 Å². The zero-order chi connectivity index (χ0) is 10.1. The first-order valence-electron chi connectivity index (χ1n) is 4.20. The molecule has 0 aliphatic carbocycles. The minimum atomic E-state index is -0.0687. The lowest BCUT2D eigenvalue weighted by molar-refractivity contribution is 0.0995. The summed E-state index contributed by atoms with van der Waals surface area (Å²) < 4.78 is 4.98. The van der Waals surface area contributed by atoms with Crippen LogP contribution in [-0.2, 0) is 0 Å². The topological polar surface area (TPSA) is 64.4 Å². The molecule has 0 fully saturated rings. The minimum Gasteiger partial charge on any atom is -0.480 e. The maximum atomic E-state index is 11.4. The number of methoxy groups -OCH3 is 1. The Bertz CT molecular complexity index is 426. The number of ether oxygens (including phenoxy) is 1. The van der Waals surface area contributed by atoms with Crippen LogP contribution in [0.4, 0.5) is 5.82 Å². The molecule has 1 aromatic rings. The van der Waals surface area contributed by atoms with E-state index in [-0.39, 0.29) is 12.2 Å². The average Bonchev–Trinajstić information content (AvgIpc) is 2.17. The third kappa shape index (κ3) is 1.26. The first-order valence-corrected chi connectivity index (χ1v) is 4.20. The Morgan fingerprint density at radius 3 is 2.93 bits per heavy atom. The molecule has 5 heteroatoms. The number of ketones is 1. The Labute approximate surface area is 80.9 Å². The summed E-state index contributed by atoms with van der Waals surface area (Å²) in [5.74, 6) is 0.703. The molecule has 1 aliphatic heterocycles. The van der Waals surface area contributed by atoms with Crippen molar-refractivity contribution >= 4 is 17.8 Å². The molecule has 0 unspecified atom stereocenters. The van der Waals surface area contributed by atoms with Gasteiger partial charge >= 0.3 is 0 Å². The maximum absolute atomic E-state index is 11.4. The first kappa shape index (κ1) is 8.80. The second-order valence-corrected chi connectivity index (χ2v) is 2.93. The average molecular weight is 191 g/mol.